The van der Waals surface area contributed by atoms with Crippen molar-refractivity contribution in [1.29, 1.82) is 0 Å². The Labute approximate surface area is 99.5 Å². The summed E-state index contributed by atoms with van der Waals surface area (Å²) in [6, 6.07) is 0.599. The van der Waals surface area contributed by atoms with Gasteiger partial charge in [0.1, 0.15) is 0 Å². The molecule has 2 aliphatic heterocycles. The third kappa shape index (κ3) is 4.04. The van der Waals surface area contributed by atoms with Gasteiger partial charge in [-0.2, -0.15) is 0 Å². The number of nitrogens with one attached hydrogen (secondary N) is 1. The van der Waals surface area contributed by atoms with Gasteiger partial charge < -0.3 is 15.0 Å². The lowest BCUT2D eigenvalue weighted by Gasteiger charge is -2.29. The van der Waals surface area contributed by atoms with Crippen LogP contribution in [0.1, 0.15) is 39.0 Å². The molecule has 3 heteroatoms. The van der Waals surface area contributed by atoms with Crippen LogP contribution in [-0.4, -0.2) is 49.8 Å². The fourth-order valence-electron chi connectivity index (χ4n) is 2.73. The fraction of sp³-hybridized carbons (Fsp3) is 1.00. The standard InChI is InChI=1S/C13H26N2O/c1-12(11-15-7-3-2-4-8-15)14-10-13-6-5-9-16-13/h12-14H,2-11H2,1H3. The minimum Gasteiger partial charge on any atom is -0.377 e. The smallest absolute Gasteiger partial charge is 0.0700 e. The van der Waals surface area contributed by atoms with Crippen molar-refractivity contribution >= 4 is 0 Å². The number of likely N-dealkylation sites (tertiary alicyclic amines) is 1. The van der Waals surface area contributed by atoms with Crippen LogP contribution in [0.2, 0.25) is 0 Å². The summed E-state index contributed by atoms with van der Waals surface area (Å²) in [7, 11) is 0. The first-order valence-corrected chi connectivity index (χ1v) is 6.92. The van der Waals surface area contributed by atoms with E-state index >= 15 is 0 Å². The third-order valence-corrected chi connectivity index (χ3v) is 3.70. The Balaban J connectivity index is 1.57. The first kappa shape index (κ1) is 12.3. The van der Waals surface area contributed by atoms with E-state index in [1.807, 2.05) is 0 Å². The van der Waals surface area contributed by atoms with Gasteiger partial charge in [0.15, 0.2) is 0 Å². The van der Waals surface area contributed by atoms with E-state index in [4.69, 9.17) is 4.74 Å². The summed E-state index contributed by atoms with van der Waals surface area (Å²) >= 11 is 0. The Bertz CT molecular complexity index is 186. The highest BCUT2D eigenvalue weighted by atomic mass is 16.5. The molecule has 0 radical (unpaired) electrons. The van der Waals surface area contributed by atoms with Crippen LogP contribution >= 0.6 is 0 Å². The summed E-state index contributed by atoms with van der Waals surface area (Å²) in [6.45, 7) is 8.09. The van der Waals surface area contributed by atoms with Crippen LogP contribution in [0.15, 0.2) is 0 Å². The molecule has 0 spiro atoms. The van der Waals surface area contributed by atoms with Crippen LogP contribution in [-0.2, 0) is 4.74 Å². The maximum Gasteiger partial charge on any atom is 0.0700 e. The van der Waals surface area contributed by atoms with E-state index < -0.39 is 0 Å². The average molecular weight is 226 g/mol. The Morgan fingerprint density at radius 1 is 1.25 bits per heavy atom. The second-order valence-electron chi connectivity index (χ2n) is 5.31. The molecule has 94 valence electrons. The number of piperidine rings is 1. The molecule has 2 atom stereocenters. The van der Waals surface area contributed by atoms with Crippen molar-refractivity contribution in [3.63, 3.8) is 0 Å². The molecule has 0 aromatic carbocycles. The van der Waals surface area contributed by atoms with Gasteiger partial charge in [0.2, 0.25) is 0 Å². The molecule has 1 N–H and O–H groups in total. The van der Waals surface area contributed by atoms with Gasteiger partial charge in [-0.15, -0.1) is 0 Å². The molecule has 2 rings (SSSR count). The lowest BCUT2D eigenvalue weighted by molar-refractivity contribution is 0.105. The molecule has 0 saturated carbocycles. The largest absolute Gasteiger partial charge is 0.377 e. The monoisotopic (exact) mass is 226 g/mol. The molecule has 2 aliphatic rings. The minimum absolute atomic E-state index is 0.476. The topological polar surface area (TPSA) is 24.5 Å². The van der Waals surface area contributed by atoms with E-state index in [1.165, 1.54) is 51.7 Å². The molecular weight excluding hydrogens is 200 g/mol. The highest BCUT2D eigenvalue weighted by Gasteiger charge is 2.17. The number of hydrogen-bond donors (Lipinski definition) is 1. The highest BCUT2D eigenvalue weighted by Crippen LogP contribution is 2.11. The van der Waals surface area contributed by atoms with Crippen LogP contribution in [0, 0.1) is 0 Å². The van der Waals surface area contributed by atoms with Gasteiger partial charge >= 0.3 is 0 Å². The Hall–Kier alpha value is -0.120. The van der Waals surface area contributed by atoms with Gasteiger partial charge in [-0.05, 0) is 45.7 Å². The molecule has 2 saturated heterocycles. The van der Waals surface area contributed by atoms with Gasteiger partial charge in [0.25, 0.3) is 0 Å². The summed E-state index contributed by atoms with van der Waals surface area (Å²) in [5.74, 6) is 0. The van der Waals surface area contributed by atoms with E-state index in [1.54, 1.807) is 0 Å². The van der Waals surface area contributed by atoms with Crippen LogP contribution in [0.25, 0.3) is 0 Å². The van der Waals surface area contributed by atoms with Gasteiger partial charge in [-0.3, -0.25) is 0 Å². The normalized spacial score (nSPS) is 29.4. The molecule has 0 aromatic rings. The van der Waals surface area contributed by atoms with Crippen molar-refractivity contribution in [2.24, 2.45) is 0 Å². The quantitative estimate of drug-likeness (QED) is 0.771. The van der Waals surface area contributed by atoms with Crippen molar-refractivity contribution < 1.29 is 4.74 Å². The number of rotatable bonds is 5. The molecule has 2 heterocycles. The molecule has 0 amide bonds. The van der Waals surface area contributed by atoms with Crippen molar-refractivity contribution in [1.82, 2.24) is 10.2 Å². The number of nitrogens with zero attached hydrogens (tertiary/aromatic N) is 1. The van der Waals surface area contributed by atoms with Crippen LogP contribution in [0.3, 0.4) is 0 Å². The van der Waals surface area contributed by atoms with E-state index in [0.717, 1.165) is 13.2 Å². The molecule has 0 bridgehead atoms. The second-order valence-corrected chi connectivity index (χ2v) is 5.31. The molecule has 2 unspecified atom stereocenters. The van der Waals surface area contributed by atoms with Gasteiger partial charge in [0, 0.05) is 25.7 Å². The van der Waals surface area contributed by atoms with Crippen molar-refractivity contribution in [3.05, 3.63) is 0 Å². The number of ether oxygens (including phenoxy) is 1. The van der Waals surface area contributed by atoms with E-state index in [9.17, 15) is 0 Å². The van der Waals surface area contributed by atoms with Gasteiger partial charge in [0.05, 0.1) is 6.10 Å². The van der Waals surface area contributed by atoms with Crippen LogP contribution in [0.5, 0.6) is 0 Å². The summed E-state index contributed by atoms with van der Waals surface area (Å²) in [4.78, 5) is 2.59. The molecule has 16 heavy (non-hydrogen) atoms. The zero-order chi connectivity index (χ0) is 11.2. The Kier molecular flexibility index (Phi) is 5.07. The lowest BCUT2D eigenvalue weighted by atomic mass is 10.1. The zero-order valence-electron chi connectivity index (χ0n) is 10.6. The van der Waals surface area contributed by atoms with Crippen molar-refractivity contribution in [2.45, 2.75) is 51.2 Å². The molecule has 0 aromatic heterocycles. The van der Waals surface area contributed by atoms with Crippen LogP contribution in [0.4, 0.5) is 0 Å². The Morgan fingerprint density at radius 3 is 2.75 bits per heavy atom. The average Bonchev–Trinajstić information content (AvgIpc) is 2.81. The molecular formula is C13H26N2O. The summed E-state index contributed by atoms with van der Waals surface area (Å²) < 4.78 is 5.62. The van der Waals surface area contributed by atoms with E-state index in [2.05, 4.69) is 17.1 Å². The van der Waals surface area contributed by atoms with E-state index in [0.29, 0.717) is 12.1 Å². The third-order valence-electron chi connectivity index (χ3n) is 3.70. The predicted octanol–water partition coefficient (Wildman–Crippen LogP) is 1.63. The van der Waals surface area contributed by atoms with E-state index in [-0.39, 0.29) is 0 Å². The second kappa shape index (κ2) is 6.58. The first-order chi connectivity index (χ1) is 7.84. The molecule has 3 nitrogen and oxygen atoms in total. The Morgan fingerprint density at radius 2 is 2.06 bits per heavy atom. The maximum atomic E-state index is 5.62. The summed E-state index contributed by atoms with van der Waals surface area (Å²) in [6.07, 6.45) is 7.16. The fourth-order valence-corrected chi connectivity index (χ4v) is 2.73. The van der Waals surface area contributed by atoms with Gasteiger partial charge in [-0.1, -0.05) is 6.42 Å². The summed E-state index contributed by atoms with van der Waals surface area (Å²) in [5.41, 5.74) is 0. The molecule has 2 fully saturated rings. The zero-order valence-corrected chi connectivity index (χ0v) is 10.6. The lowest BCUT2D eigenvalue weighted by Crippen LogP contribution is -2.43. The summed E-state index contributed by atoms with van der Waals surface area (Å²) in [5, 5.41) is 3.61. The first-order valence-electron chi connectivity index (χ1n) is 6.92. The minimum atomic E-state index is 0.476. The molecule has 0 aliphatic carbocycles. The van der Waals surface area contributed by atoms with Crippen molar-refractivity contribution in [3.8, 4) is 0 Å². The van der Waals surface area contributed by atoms with Crippen LogP contribution < -0.4 is 5.32 Å². The van der Waals surface area contributed by atoms with Crippen molar-refractivity contribution in [2.75, 3.05) is 32.8 Å². The SMILES string of the molecule is CC(CN1CCCCC1)NCC1CCCO1. The predicted molar refractivity (Wildman–Crippen MR) is 66.7 cm³/mol. The number of hydrogen-bond acceptors (Lipinski definition) is 3. The maximum absolute atomic E-state index is 5.62. The van der Waals surface area contributed by atoms with Gasteiger partial charge in [-0.25, -0.2) is 0 Å². The highest BCUT2D eigenvalue weighted by molar-refractivity contribution is 4.74.